The van der Waals surface area contributed by atoms with Gasteiger partial charge < -0.3 is 24.5 Å². The monoisotopic (exact) mass is 278 g/mol. The second-order valence-corrected chi connectivity index (χ2v) is 3.86. The molecule has 1 aromatic heterocycles. The molecule has 1 aromatic carbocycles. The summed E-state index contributed by atoms with van der Waals surface area (Å²) in [7, 11) is 4.50. The van der Waals surface area contributed by atoms with E-state index >= 15 is 0 Å². The van der Waals surface area contributed by atoms with Crippen molar-refractivity contribution >= 4 is 5.91 Å². The first-order valence-electron chi connectivity index (χ1n) is 5.67. The fraction of sp³-hybridized carbons (Fsp3) is 0.231. The number of carbonyl (C=O) groups excluding carboxylic acids is 1. The molecular formula is C13H14N2O5. The molecule has 0 spiro atoms. The van der Waals surface area contributed by atoms with E-state index in [2.05, 4.69) is 5.16 Å². The van der Waals surface area contributed by atoms with Gasteiger partial charge in [-0.15, -0.1) is 0 Å². The summed E-state index contributed by atoms with van der Waals surface area (Å²) >= 11 is 0. The lowest BCUT2D eigenvalue weighted by molar-refractivity contribution is 0.1000. The highest BCUT2D eigenvalue weighted by atomic mass is 16.5. The number of ether oxygens (including phenoxy) is 3. The summed E-state index contributed by atoms with van der Waals surface area (Å²) in [5.74, 6) is 0.707. The van der Waals surface area contributed by atoms with E-state index in [4.69, 9.17) is 24.5 Å². The Labute approximate surface area is 115 Å². The molecule has 0 atom stereocenters. The molecule has 0 saturated heterocycles. The minimum Gasteiger partial charge on any atom is -0.493 e. The van der Waals surface area contributed by atoms with Gasteiger partial charge in [0.1, 0.15) is 17.5 Å². The normalized spacial score (nSPS) is 10.2. The van der Waals surface area contributed by atoms with Crippen LogP contribution >= 0.6 is 0 Å². The molecule has 0 aliphatic carbocycles. The summed E-state index contributed by atoms with van der Waals surface area (Å²) in [6.45, 7) is 0. The predicted octanol–water partition coefficient (Wildman–Crippen LogP) is 1.47. The zero-order valence-corrected chi connectivity index (χ0v) is 11.3. The van der Waals surface area contributed by atoms with Crippen LogP contribution in [0.4, 0.5) is 0 Å². The number of benzene rings is 1. The standard InChI is InChI=1S/C13H14N2O5/c1-17-9-4-7(5-10(18-2)12(9)19-3)11-8(13(14)16)6-20-15-11/h4-6H,1-3H3,(H2,14,16). The Balaban J connectivity index is 2.63. The van der Waals surface area contributed by atoms with E-state index in [9.17, 15) is 4.79 Å². The Morgan fingerprint density at radius 3 is 2.20 bits per heavy atom. The highest BCUT2D eigenvalue weighted by Crippen LogP contribution is 2.41. The number of aromatic nitrogens is 1. The minimum atomic E-state index is -0.630. The van der Waals surface area contributed by atoms with E-state index in [0.29, 0.717) is 28.5 Å². The summed E-state index contributed by atoms with van der Waals surface area (Å²) in [5, 5.41) is 3.79. The van der Waals surface area contributed by atoms with E-state index in [0.717, 1.165) is 0 Å². The van der Waals surface area contributed by atoms with Crippen LogP contribution in [0.2, 0.25) is 0 Å². The van der Waals surface area contributed by atoms with Gasteiger partial charge in [0.25, 0.3) is 5.91 Å². The first kappa shape index (κ1) is 13.7. The lowest BCUT2D eigenvalue weighted by Crippen LogP contribution is -2.11. The van der Waals surface area contributed by atoms with E-state index < -0.39 is 5.91 Å². The van der Waals surface area contributed by atoms with Gasteiger partial charge >= 0.3 is 0 Å². The summed E-state index contributed by atoms with van der Waals surface area (Å²) in [6, 6.07) is 3.32. The summed E-state index contributed by atoms with van der Waals surface area (Å²) in [4.78, 5) is 11.3. The fourth-order valence-corrected chi connectivity index (χ4v) is 1.84. The molecule has 2 rings (SSSR count). The van der Waals surface area contributed by atoms with Crippen molar-refractivity contribution in [1.82, 2.24) is 5.16 Å². The maximum Gasteiger partial charge on any atom is 0.254 e. The molecule has 1 heterocycles. The lowest BCUT2D eigenvalue weighted by atomic mass is 10.1. The highest BCUT2D eigenvalue weighted by Gasteiger charge is 2.20. The maximum atomic E-state index is 11.3. The smallest absolute Gasteiger partial charge is 0.254 e. The first-order valence-corrected chi connectivity index (χ1v) is 5.67. The van der Waals surface area contributed by atoms with Gasteiger partial charge in [-0.25, -0.2) is 0 Å². The molecule has 2 N–H and O–H groups in total. The van der Waals surface area contributed by atoms with Crippen molar-refractivity contribution in [2.75, 3.05) is 21.3 Å². The molecule has 0 bridgehead atoms. The van der Waals surface area contributed by atoms with Crippen LogP contribution in [-0.2, 0) is 0 Å². The van der Waals surface area contributed by atoms with Gasteiger partial charge in [-0.2, -0.15) is 0 Å². The van der Waals surface area contributed by atoms with E-state index in [1.54, 1.807) is 12.1 Å². The Morgan fingerprint density at radius 2 is 1.75 bits per heavy atom. The first-order chi connectivity index (χ1) is 9.62. The van der Waals surface area contributed by atoms with Gasteiger partial charge in [-0.05, 0) is 12.1 Å². The van der Waals surface area contributed by atoms with Crippen LogP contribution in [0.5, 0.6) is 17.2 Å². The van der Waals surface area contributed by atoms with Crippen molar-refractivity contribution in [1.29, 1.82) is 0 Å². The van der Waals surface area contributed by atoms with E-state index in [-0.39, 0.29) is 5.56 Å². The van der Waals surface area contributed by atoms with Crippen LogP contribution in [0, 0.1) is 0 Å². The fourth-order valence-electron chi connectivity index (χ4n) is 1.84. The molecule has 20 heavy (non-hydrogen) atoms. The Morgan fingerprint density at radius 1 is 1.15 bits per heavy atom. The van der Waals surface area contributed by atoms with Crippen LogP contribution in [0.3, 0.4) is 0 Å². The maximum absolute atomic E-state index is 11.3. The molecule has 7 nitrogen and oxygen atoms in total. The molecule has 0 aliphatic heterocycles. The molecule has 106 valence electrons. The van der Waals surface area contributed by atoms with Crippen LogP contribution in [0.25, 0.3) is 11.3 Å². The SMILES string of the molecule is COc1cc(-c2nocc2C(N)=O)cc(OC)c1OC. The van der Waals surface area contributed by atoms with Crippen LogP contribution in [-0.4, -0.2) is 32.4 Å². The molecule has 7 heteroatoms. The Kier molecular flexibility index (Phi) is 3.79. The topological polar surface area (TPSA) is 96.8 Å². The van der Waals surface area contributed by atoms with Crippen molar-refractivity contribution in [3.63, 3.8) is 0 Å². The summed E-state index contributed by atoms with van der Waals surface area (Å²) < 4.78 is 20.5. The third-order valence-electron chi connectivity index (χ3n) is 2.77. The summed E-state index contributed by atoms with van der Waals surface area (Å²) in [5.41, 5.74) is 6.34. The number of methoxy groups -OCH3 is 3. The lowest BCUT2D eigenvalue weighted by Gasteiger charge is -2.13. The van der Waals surface area contributed by atoms with Crippen molar-refractivity contribution in [3.8, 4) is 28.5 Å². The van der Waals surface area contributed by atoms with Crippen molar-refractivity contribution in [2.24, 2.45) is 5.73 Å². The zero-order valence-electron chi connectivity index (χ0n) is 11.3. The molecule has 2 aromatic rings. The van der Waals surface area contributed by atoms with E-state index in [1.165, 1.54) is 27.6 Å². The van der Waals surface area contributed by atoms with Gasteiger partial charge in [0, 0.05) is 5.56 Å². The number of primary amides is 1. The average Bonchev–Trinajstić information content (AvgIpc) is 2.95. The highest BCUT2D eigenvalue weighted by molar-refractivity contribution is 5.98. The van der Waals surface area contributed by atoms with E-state index in [1.807, 2.05) is 0 Å². The van der Waals surface area contributed by atoms with Crippen LogP contribution in [0.15, 0.2) is 22.9 Å². The molecule has 0 fully saturated rings. The zero-order chi connectivity index (χ0) is 14.7. The Bertz CT molecular complexity index is 610. The van der Waals surface area contributed by atoms with Crippen molar-refractivity contribution < 1.29 is 23.5 Å². The van der Waals surface area contributed by atoms with Gasteiger partial charge in [0.15, 0.2) is 11.5 Å². The summed E-state index contributed by atoms with van der Waals surface area (Å²) in [6.07, 6.45) is 1.20. The minimum absolute atomic E-state index is 0.180. The third-order valence-corrected chi connectivity index (χ3v) is 2.77. The number of rotatable bonds is 5. The van der Waals surface area contributed by atoms with Crippen molar-refractivity contribution in [3.05, 3.63) is 24.0 Å². The van der Waals surface area contributed by atoms with Crippen LogP contribution in [0.1, 0.15) is 10.4 Å². The van der Waals surface area contributed by atoms with Crippen LogP contribution < -0.4 is 19.9 Å². The van der Waals surface area contributed by atoms with Gasteiger partial charge in [-0.1, -0.05) is 5.16 Å². The molecule has 0 aliphatic rings. The number of nitrogens with zero attached hydrogens (tertiary/aromatic N) is 1. The average molecular weight is 278 g/mol. The molecular weight excluding hydrogens is 264 g/mol. The number of amides is 1. The molecule has 0 saturated carbocycles. The molecule has 0 radical (unpaired) electrons. The number of carbonyl (C=O) groups is 1. The largest absolute Gasteiger partial charge is 0.493 e. The van der Waals surface area contributed by atoms with Gasteiger partial charge in [0.05, 0.1) is 21.3 Å². The second kappa shape index (κ2) is 5.52. The number of hydrogen-bond acceptors (Lipinski definition) is 6. The molecule has 1 amide bonds. The number of hydrogen-bond donors (Lipinski definition) is 1. The second-order valence-electron chi connectivity index (χ2n) is 3.86. The van der Waals surface area contributed by atoms with Gasteiger partial charge in [-0.3, -0.25) is 4.79 Å². The number of nitrogens with two attached hydrogens (primary N) is 1. The third kappa shape index (κ3) is 2.25. The van der Waals surface area contributed by atoms with Crippen molar-refractivity contribution in [2.45, 2.75) is 0 Å². The Hall–Kier alpha value is -2.70. The quantitative estimate of drug-likeness (QED) is 0.889. The molecule has 0 unspecified atom stereocenters. The van der Waals surface area contributed by atoms with Gasteiger partial charge in [0.2, 0.25) is 5.75 Å². The predicted molar refractivity (Wildman–Crippen MR) is 70.1 cm³/mol.